The summed E-state index contributed by atoms with van der Waals surface area (Å²) in [6, 6.07) is 24.5. The molecule has 6 rings (SSSR count). The van der Waals surface area contributed by atoms with Crippen molar-refractivity contribution in [2.24, 2.45) is 5.10 Å². The van der Waals surface area contributed by atoms with Gasteiger partial charge < -0.3 is 10.1 Å². The van der Waals surface area contributed by atoms with Crippen LogP contribution in [-0.2, 0) is 9.53 Å². The molecule has 15 heteroatoms. The Morgan fingerprint density at radius 3 is 2.43 bits per heavy atom. The molecule has 2 N–H and O–H groups in total. The molecular weight excluding hydrogens is 669 g/mol. The van der Waals surface area contributed by atoms with Gasteiger partial charge in [0.15, 0.2) is 4.34 Å². The zero-order chi connectivity index (χ0) is 34.5. The minimum Gasteiger partial charge on any atom is -0.450 e. The third kappa shape index (κ3) is 7.32. The number of carbonyl (C=O) groups excluding carboxylic acids is 4. The van der Waals surface area contributed by atoms with Gasteiger partial charge in [0.05, 0.1) is 62.1 Å². The molecule has 0 aliphatic carbocycles. The molecule has 2 heterocycles. The van der Waals surface area contributed by atoms with Crippen molar-refractivity contribution in [3.63, 3.8) is 0 Å². The van der Waals surface area contributed by atoms with Crippen LogP contribution in [0.1, 0.15) is 51.2 Å². The van der Waals surface area contributed by atoms with E-state index in [-0.39, 0.29) is 18.7 Å². The Morgan fingerprint density at radius 2 is 1.73 bits per heavy atom. The first-order chi connectivity index (χ1) is 23.7. The SMILES string of the molecule is CCOC(=O)N[C@H](CC(=O)N/N=C\c1ccc(Sc2nc3ccc(N4C(=O)c5ccccc5C4=O)cc3s2)c([N+](=O)[O-])c1)c1ccccc1. The topological polar surface area (TPSA) is 173 Å². The van der Waals surface area contributed by atoms with Gasteiger partial charge in [0.25, 0.3) is 17.5 Å². The quantitative estimate of drug-likeness (QED) is 0.0679. The van der Waals surface area contributed by atoms with E-state index in [4.69, 9.17) is 4.74 Å². The highest BCUT2D eigenvalue weighted by molar-refractivity contribution is 8.01. The highest BCUT2D eigenvalue weighted by Crippen LogP contribution is 2.40. The van der Waals surface area contributed by atoms with Crippen LogP contribution in [0.4, 0.5) is 16.2 Å². The number of hydrogen-bond donors (Lipinski definition) is 2. The minimum atomic E-state index is -0.663. The van der Waals surface area contributed by atoms with Crippen molar-refractivity contribution in [1.82, 2.24) is 15.7 Å². The smallest absolute Gasteiger partial charge is 0.407 e. The number of fused-ring (bicyclic) bond motifs is 2. The van der Waals surface area contributed by atoms with Crippen molar-refractivity contribution < 1.29 is 28.8 Å². The lowest BCUT2D eigenvalue weighted by atomic mass is 10.0. The van der Waals surface area contributed by atoms with E-state index >= 15 is 0 Å². The number of nitro benzene ring substituents is 1. The van der Waals surface area contributed by atoms with Gasteiger partial charge in [0.1, 0.15) is 0 Å². The first-order valence-electron chi connectivity index (χ1n) is 14.9. The van der Waals surface area contributed by atoms with Crippen LogP contribution in [-0.4, -0.2) is 46.5 Å². The molecule has 1 aliphatic heterocycles. The van der Waals surface area contributed by atoms with Crippen LogP contribution in [0.3, 0.4) is 0 Å². The summed E-state index contributed by atoms with van der Waals surface area (Å²) in [6.45, 7) is 1.85. The van der Waals surface area contributed by atoms with Crippen molar-refractivity contribution in [3.05, 3.63) is 123 Å². The first kappa shape index (κ1) is 33.0. The number of ether oxygens (including phenoxy) is 1. The molecule has 4 amide bonds. The molecule has 0 unspecified atom stereocenters. The number of nitrogens with zero attached hydrogens (tertiary/aromatic N) is 4. The van der Waals surface area contributed by atoms with Crippen molar-refractivity contribution in [3.8, 4) is 0 Å². The minimum absolute atomic E-state index is 0.127. The van der Waals surface area contributed by atoms with E-state index in [1.165, 1.54) is 23.6 Å². The van der Waals surface area contributed by atoms with E-state index in [9.17, 15) is 29.3 Å². The number of alkyl carbamates (subject to hydrolysis) is 1. The lowest BCUT2D eigenvalue weighted by molar-refractivity contribution is -0.387. The summed E-state index contributed by atoms with van der Waals surface area (Å²) in [6.07, 6.45) is 0.501. The molecule has 246 valence electrons. The summed E-state index contributed by atoms with van der Waals surface area (Å²) in [5.74, 6) is -1.30. The second-order valence-electron chi connectivity index (χ2n) is 10.5. The van der Waals surface area contributed by atoms with Crippen molar-refractivity contribution >= 4 is 74.7 Å². The van der Waals surface area contributed by atoms with Gasteiger partial charge in [-0.15, -0.1) is 11.3 Å². The highest BCUT2D eigenvalue weighted by atomic mass is 32.2. The van der Waals surface area contributed by atoms with E-state index in [1.807, 2.05) is 6.07 Å². The van der Waals surface area contributed by atoms with E-state index in [0.717, 1.165) is 16.7 Å². The van der Waals surface area contributed by atoms with E-state index in [0.29, 0.717) is 47.4 Å². The molecule has 49 heavy (non-hydrogen) atoms. The lowest BCUT2D eigenvalue weighted by Crippen LogP contribution is -2.33. The number of rotatable bonds is 11. The number of carbonyl (C=O) groups is 4. The molecule has 0 bridgehead atoms. The predicted octanol–water partition coefficient (Wildman–Crippen LogP) is 6.48. The van der Waals surface area contributed by atoms with Crippen LogP contribution >= 0.6 is 23.1 Å². The number of nitro groups is 1. The van der Waals surface area contributed by atoms with Gasteiger partial charge in [-0.25, -0.2) is 20.1 Å². The molecule has 13 nitrogen and oxygen atoms in total. The molecular formula is C34H26N6O7S2. The summed E-state index contributed by atoms with van der Waals surface area (Å²) < 4.78 is 6.18. The van der Waals surface area contributed by atoms with Gasteiger partial charge in [0, 0.05) is 11.6 Å². The fourth-order valence-electron chi connectivity index (χ4n) is 5.10. The average molecular weight is 695 g/mol. The van der Waals surface area contributed by atoms with Crippen LogP contribution in [0.25, 0.3) is 10.2 Å². The molecule has 1 aliphatic rings. The number of anilines is 1. The Balaban J connectivity index is 1.13. The Kier molecular flexibility index (Phi) is 9.73. The summed E-state index contributed by atoms with van der Waals surface area (Å²) in [5.41, 5.74) is 5.00. The Hall–Kier alpha value is -5.93. The normalized spacial score (nSPS) is 13.0. The molecule has 0 spiro atoms. The summed E-state index contributed by atoms with van der Waals surface area (Å²) in [5, 5.41) is 18.6. The summed E-state index contributed by atoms with van der Waals surface area (Å²) >= 11 is 2.38. The predicted molar refractivity (Wildman–Crippen MR) is 184 cm³/mol. The standard InChI is InChI=1S/C34H26N6O7S2/c1-2-47-33(44)36-26(21-8-4-3-5-9-21)18-30(41)38-35-19-20-12-15-28(27(16-20)40(45)46)48-34-37-25-14-13-22(17-29(25)49-34)39-31(42)23-10-6-7-11-24(23)32(39)43/h3-17,19,26H,2,18H2,1H3,(H,36,44)(H,38,41)/b35-19-/t26-/m1/s1. The maximum Gasteiger partial charge on any atom is 0.407 e. The number of hydrazone groups is 1. The second kappa shape index (κ2) is 14.5. The van der Waals surface area contributed by atoms with Crippen LogP contribution in [0.15, 0.2) is 105 Å². The van der Waals surface area contributed by atoms with E-state index < -0.39 is 34.8 Å². The molecule has 4 aromatic carbocycles. The van der Waals surface area contributed by atoms with Gasteiger partial charge >= 0.3 is 6.09 Å². The third-order valence-electron chi connectivity index (χ3n) is 7.34. The molecule has 0 radical (unpaired) electrons. The fraction of sp³-hybridized carbons (Fsp3) is 0.118. The van der Waals surface area contributed by atoms with Crippen LogP contribution in [0.2, 0.25) is 0 Å². The molecule has 0 saturated carbocycles. The number of nitrogens with one attached hydrogen (secondary N) is 2. The number of benzene rings is 4. The van der Waals surface area contributed by atoms with E-state index in [1.54, 1.807) is 85.8 Å². The number of amides is 4. The molecule has 0 saturated heterocycles. The van der Waals surface area contributed by atoms with Gasteiger partial charge in [-0.1, -0.05) is 60.3 Å². The number of hydrogen-bond acceptors (Lipinski definition) is 11. The first-order valence-corrected chi connectivity index (χ1v) is 16.5. The fourth-order valence-corrected chi connectivity index (χ4v) is 7.24. The van der Waals surface area contributed by atoms with Gasteiger partial charge in [-0.05, 0) is 48.9 Å². The van der Waals surface area contributed by atoms with Gasteiger partial charge in [0.2, 0.25) is 5.91 Å². The van der Waals surface area contributed by atoms with Gasteiger partial charge in [-0.2, -0.15) is 5.10 Å². The number of thiazole rings is 1. The van der Waals surface area contributed by atoms with E-state index in [2.05, 4.69) is 20.8 Å². The second-order valence-corrected chi connectivity index (χ2v) is 12.9. The maximum atomic E-state index is 12.9. The van der Waals surface area contributed by atoms with Crippen molar-refractivity contribution in [2.45, 2.75) is 28.6 Å². The number of imide groups is 1. The van der Waals surface area contributed by atoms with Crippen LogP contribution in [0, 0.1) is 10.1 Å². The summed E-state index contributed by atoms with van der Waals surface area (Å²) in [7, 11) is 0. The zero-order valence-electron chi connectivity index (χ0n) is 25.7. The van der Waals surface area contributed by atoms with Crippen molar-refractivity contribution in [1.29, 1.82) is 0 Å². The average Bonchev–Trinajstić information content (AvgIpc) is 3.61. The molecule has 1 aromatic heterocycles. The summed E-state index contributed by atoms with van der Waals surface area (Å²) in [4.78, 5) is 68.1. The van der Waals surface area contributed by atoms with Gasteiger partial charge in [-0.3, -0.25) is 24.5 Å². The lowest BCUT2D eigenvalue weighted by Gasteiger charge is -2.18. The third-order valence-corrected chi connectivity index (χ3v) is 9.49. The highest BCUT2D eigenvalue weighted by Gasteiger charge is 2.36. The Labute approximate surface area is 287 Å². The zero-order valence-corrected chi connectivity index (χ0v) is 27.3. The molecule has 0 fully saturated rings. The molecule has 5 aromatic rings. The van der Waals surface area contributed by atoms with Crippen LogP contribution < -0.4 is 15.6 Å². The molecule has 1 atom stereocenters. The maximum absolute atomic E-state index is 12.9. The largest absolute Gasteiger partial charge is 0.450 e. The Bertz CT molecular complexity index is 2100. The monoisotopic (exact) mass is 694 g/mol. The number of aromatic nitrogens is 1. The van der Waals surface area contributed by atoms with Crippen molar-refractivity contribution in [2.75, 3.05) is 11.5 Å². The van der Waals surface area contributed by atoms with Crippen LogP contribution in [0.5, 0.6) is 0 Å². The Morgan fingerprint density at radius 1 is 1.02 bits per heavy atom.